The second kappa shape index (κ2) is 5.22. The maximum atomic E-state index is 11.3. The zero-order valence-corrected chi connectivity index (χ0v) is 10.3. The highest BCUT2D eigenvalue weighted by Crippen LogP contribution is 2.16. The summed E-state index contributed by atoms with van der Waals surface area (Å²) in [5, 5.41) is 0.768. The molecule has 0 spiro atoms. The van der Waals surface area contributed by atoms with Crippen molar-refractivity contribution in [2.75, 3.05) is 16.8 Å². The number of alkyl halides is 1. The molecule has 0 aromatic rings. The van der Waals surface area contributed by atoms with Crippen molar-refractivity contribution in [3.63, 3.8) is 0 Å². The summed E-state index contributed by atoms with van der Waals surface area (Å²) >= 11 is 3.33. The fraction of sp³-hybridized carbons (Fsp3) is 1.00. The molecule has 0 heterocycles. The van der Waals surface area contributed by atoms with Crippen molar-refractivity contribution in [3.8, 4) is 0 Å². The van der Waals surface area contributed by atoms with E-state index in [1.165, 1.54) is 0 Å². The molecule has 0 N–H and O–H groups in total. The fourth-order valence-corrected chi connectivity index (χ4v) is 3.53. The van der Waals surface area contributed by atoms with E-state index >= 15 is 0 Å². The quantitative estimate of drug-likeness (QED) is 0.707. The summed E-state index contributed by atoms with van der Waals surface area (Å²) in [6.07, 6.45) is 0. The molecule has 0 saturated heterocycles. The van der Waals surface area contributed by atoms with Crippen LogP contribution in [0.25, 0.3) is 0 Å². The molecule has 0 radical (unpaired) electrons. The van der Waals surface area contributed by atoms with E-state index in [-0.39, 0.29) is 11.7 Å². The van der Waals surface area contributed by atoms with Crippen LogP contribution >= 0.6 is 15.9 Å². The van der Waals surface area contributed by atoms with Gasteiger partial charge in [0.15, 0.2) is 0 Å². The first kappa shape index (κ1) is 12.4. The van der Waals surface area contributed by atoms with Gasteiger partial charge in [-0.2, -0.15) is 0 Å². The highest BCUT2D eigenvalue weighted by atomic mass is 79.9. The number of rotatable bonds is 5. The van der Waals surface area contributed by atoms with Gasteiger partial charge in [0, 0.05) is 11.1 Å². The summed E-state index contributed by atoms with van der Waals surface area (Å²) in [6, 6.07) is 0. The lowest BCUT2D eigenvalue weighted by molar-refractivity contribution is 0.462. The molecule has 0 aliphatic heterocycles. The van der Waals surface area contributed by atoms with Crippen molar-refractivity contribution < 1.29 is 8.42 Å². The summed E-state index contributed by atoms with van der Waals surface area (Å²) < 4.78 is 22.5. The number of hydrogen-bond acceptors (Lipinski definition) is 2. The van der Waals surface area contributed by atoms with E-state index in [1.54, 1.807) is 6.92 Å². The predicted octanol–water partition coefficient (Wildman–Crippen LogP) is 2.09. The molecule has 0 aromatic heterocycles. The maximum Gasteiger partial charge on any atom is 0.150 e. The van der Waals surface area contributed by atoms with Gasteiger partial charge in [-0.05, 0) is 11.8 Å². The average molecular weight is 257 g/mol. The summed E-state index contributed by atoms with van der Waals surface area (Å²) in [7, 11) is -2.81. The Labute approximate surface area is 83.8 Å². The third-order valence-electron chi connectivity index (χ3n) is 2.05. The van der Waals surface area contributed by atoms with Gasteiger partial charge in [-0.3, -0.25) is 0 Å². The Morgan fingerprint density at radius 3 is 2.08 bits per heavy atom. The van der Waals surface area contributed by atoms with E-state index in [0.717, 1.165) is 5.33 Å². The lowest BCUT2D eigenvalue weighted by Crippen LogP contribution is -2.23. The molecule has 0 amide bonds. The molecule has 0 saturated carbocycles. The number of halogens is 1. The zero-order chi connectivity index (χ0) is 9.78. The van der Waals surface area contributed by atoms with Gasteiger partial charge in [-0.25, -0.2) is 8.42 Å². The Bertz CT molecular complexity index is 209. The summed E-state index contributed by atoms with van der Waals surface area (Å²) in [4.78, 5) is 0. The Balaban J connectivity index is 4.22. The van der Waals surface area contributed by atoms with E-state index in [1.807, 2.05) is 0 Å². The van der Waals surface area contributed by atoms with Crippen LogP contribution in [0.2, 0.25) is 0 Å². The van der Waals surface area contributed by atoms with Crippen LogP contribution in [-0.4, -0.2) is 25.3 Å². The Morgan fingerprint density at radius 1 is 1.33 bits per heavy atom. The van der Waals surface area contributed by atoms with Crippen LogP contribution in [0.15, 0.2) is 0 Å². The summed E-state index contributed by atoms with van der Waals surface area (Å²) in [6.45, 7) is 5.80. The summed E-state index contributed by atoms with van der Waals surface area (Å²) in [5.41, 5.74) is 0. The Kier molecular flexibility index (Phi) is 5.41. The molecule has 0 aliphatic rings. The largest absolute Gasteiger partial charge is 0.229 e. The minimum atomic E-state index is -2.81. The highest BCUT2D eigenvalue weighted by molar-refractivity contribution is 9.09. The topological polar surface area (TPSA) is 34.1 Å². The van der Waals surface area contributed by atoms with Crippen molar-refractivity contribution in [1.82, 2.24) is 0 Å². The van der Waals surface area contributed by atoms with Crippen LogP contribution in [0.3, 0.4) is 0 Å². The van der Waals surface area contributed by atoms with Gasteiger partial charge < -0.3 is 0 Å². The number of sulfone groups is 1. The van der Waals surface area contributed by atoms with Crippen molar-refractivity contribution in [2.45, 2.75) is 20.8 Å². The van der Waals surface area contributed by atoms with Crippen molar-refractivity contribution in [1.29, 1.82) is 0 Å². The van der Waals surface area contributed by atoms with Gasteiger partial charge in [0.05, 0.1) is 5.75 Å². The molecule has 4 heteroatoms. The molecule has 0 rings (SSSR count). The first-order chi connectivity index (χ1) is 5.43. The van der Waals surface area contributed by atoms with Gasteiger partial charge in [0.2, 0.25) is 0 Å². The van der Waals surface area contributed by atoms with Gasteiger partial charge in [-0.15, -0.1) is 0 Å². The van der Waals surface area contributed by atoms with Gasteiger partial charge >= 0.3 is 0 Å². The molecule has 0 aromatic carbocycles. The Hall–Kier alpha value is 0.430. The van der Waals surface area contributed by atoms with E-state index in [9.17, 15) is 8.42 Å². The van der Waals surface area contributed by atoms with E-state index in [2.05, 4.69) is 29.8 Å². The Morgan fingerprint density at radius 2 is 1.83 bits per heavy atom. The van der Waals surface area contributed by atoms with Gasteiger partial charge in [0.1, 0.15) is 9.84 Å². The first-order valence-electron chi connectivity index (χ1n) is 4.19. The normalized spacial score (nSPS) is 15.1. The van der Waals surface area contributed by atoms with Crippen molar-refractivity contribution in [2.24, 2.45) is 11.8 Å². The third kappa shape index (κ3) is 4.45. The van der Waals surface area contributed by atoms with Crippen molar-refractivity contribution >= 4 is 25.8 Å². The van der Waals surface area contributed by atoms with Crippen LogP contribution in [0.5, 0.6) is 0 Å². The predicted molar refractivity (Wildman–Crippen MR) is 56.4 cm³/mol. The highest BCUT2D eigenvalue weighted by Gasteiger charge is 2.19. The molecule has 2 nitrogen and oxygen atoms in total. The molecule has 74 valence electrons. The van der Waals surface area contributed by atoms with E-state index < -0.39 is 9.84 Å². The van der Waals surface area contributed by atoms with E-state index in [4.69, 9.17) is 0 Å². The first-order valence-corrected chi connectivity index (χ1v) is 7.13. The molecule has 0 aliphatic carbocycles. The maximum absolute atomic E-state index is 11.3. The zero-order valence-electron chi connectivity index (χ0n) is 7.88. The fourth-order valence-electron chi connectivity index (χ4n) is 0.859. The van der Waals surface area contributed by atoms with Gasteiger partial charge in [-0.1, -0.05) is 36.7 Å². The monoisotopic (exact) mass is 256 g/mol. The lowest BCUT2D eigenvalue weighted by Gasteiger charge is -2.17. The van der Waals surface area contributed by atoms with Crippen LogP contribution in [0.1, 0.15) is 20.8 Å². The van der Waals surface area contributed by atoms with Crippen LogP contribution in [0, 0.1) is 11.8 Å². The SMILES string of the molecule is CCS(=O)(=O)CC(CBr)C(C)C. The third-order valence-corrected chi connectivity index (χ3v) is 4.70. The molecular weight excluding hydrogens is 240 g/mol. The molecular formula is C8H17BrO2S. The lowest BCUT2D eigenvalue weighted by atomic mass is 10.0. The van der Waals surface area contributed by atoms with E-state index in [0.29, 0.717) is 11.7 Å². The minimum Gasteiger partial charge on any atom is -0.229 e. The second-order valence-electron chi connectivity index (χ2n) is 3.36. The smallest absolute Gasteiger partial charge is 0.150 e. The second-order valence-corrected chi connectivity index (χ2v) is 6.40. The van der Waals surface area contributed by atoms with Crippen LogP contribution in [-0.2, 0) is 9.84 Å². The molecule has 0 bridgehead atoms. The van der Waals surface area contributed by atoms with Gasteiger partial charge in [0.25, 0.3) is 0 Å². The average Bonchev–Trinajstić information content (AvgIpc) is 2.00. The molecule has 1 unspecified atom stereocenters. The van der Waals surface area contributed by atoms with Crippen molar-refractivity contribution in [3.05, 3.63) is 0 Å². The summed E-state index contributed by atoms with van der Waals surface area (Å²) in [5.74, 6) is 1.23. The minimum absolute atomic E-state index is 0.245. The molecule has 12 heavy (non-hydrogen) atoms. The van der Waals surface area contributed by atoms with Crippen LogP contribution in [0.4, 0.5) is 0 Å². The standard InChI is InChI=1S/C8H17BrO2S/c1-4-12(10,11)6-8(5-9)7(2)3/h7-8H,4-6H2,1-3H3. The molecule has 0 fully saturated rings. The number of hydrogen-bond donors (Lipinski definition) is 0. The molecule has 1 atom stereocenters. The van der Waals surface area contributed by atoms with Crippen LogP contribution < -0.4 is 0 Å².